The Labute approximate surface area is 124 Å². The molecule has 6 heteroatoms. The number of carbonyl (C=O) groups excluding carboxylic acids is 2. The maximum atomic E-state index is 11.7. The summed E-state index contributed by atoms with van der Waals surface area (Å²) >= 11 is 3.27. The maximum Gasteiger partial charge on any atom is 0.324 e. The second-order valence-corrected chi connectivity index (χ2v) is 4.99. The number of hydrogen-bond donors (Lipinski definition) is 2. The lowest BCUT2D eigenvalue weighted by atomic mass is 10.1. The molecule has 2 rings (SSSR count). The molecule has 1 aromatic heterocycles. The van der Waals surface area contributed by atoms with Gasteiger partial charge in [-0.3, -0.25) is 10.1 Å². The smallest absolute Gasteiger partial charge is 0.308 e. The van der Waals surface area contributed by atoms with Gasteiger partial charge in [-0.15, -0.1) is 0 Å². The molecule has 0 unspecified atom stereocenters. The summed E-state index contributed by atoms with van der Waals surface area (Å²) in [4.78, 5) is 26.9. The third-order valence-electron chi connectivity index (χ3n) is 2.52. The van der Waals surface area contributed by atoms with Crippen molar-refractivity contribution in [3.63, 3.8) is 0 Å². The molecule has 2 amide bonds. The third-order valence-corrected chi connectivity index (χ3v) is 2.99. The van der Waals surface area contributed by atoms with E-state index in [1.807, 2.05) is 0 Å². The minimum absolute atomic E-state index is 0.0138. The molecular formula is C14H12BrN3O2. The minimum atomic E-state index is -0.393. The topological polar surface area (TPSA) is 71.1 Å². The van der Waals surface area contributed by atoms with Gasteiger partial charge in [0.05, 0.1) is 0 Å². The quantitative estimate of drug-likeness (QED) is 0.841. The van der Waals surface area contributed by atoms with Crippen molar-refractivity contribution >= 4 is 39.2 Å². The Kier molecular flexibility index (Phi) is 4.47. The zero-order valence-corrected chi connectivity index (χ0v) is 12.3. The van der Waals surface area contributed by atoms with Gasteiger partial charge in [0.1, 0.15) is 5.82 Å². The maximum absolute atomic E-state index is 11.7. The van der Waals surface area contributed by atoms with Crippen molar-refractivity contribution in [3.8, 4) is 0 Å². The number of ketones is 1. The highest BCUT2D eigenvalue weighted by Gasteiger charge is 2.04. The molecule has 20 heavy (non-hydrogen) atoms. The molecule has 0 radical (unpaired) electrons. The van der Waals surface area contributed by atoms with Crippen molar-refractivity contribution in [3.05, 3.63) is 52.6 Å². The van der Waals surface area contributed by atoms with Crippen LogP contribution in [0.2, 0.25) is 0 Å². The number of urea groups is 1. The highest BCUT2D eigenvalue weighted by atomic mass is 79.9. The van der Waals surface area contributed by atoms with Crippen LogP contribution in [-0.4, -0.2) is 16.8 Å². The van der Waals surface area contributed by atoms with E-state index in [0.717, 1.165) is 4.47 Å². The molecule has 0 aliphatic carbocycles. The summed E-state index contributed by atoms with van der Waals surface area (Å²) < 4.78 is 0.836. The molecule has 5 nitrogen and oxygen atoms in total. The second kappa shape index (κ2) is 6.29. The number of pyridine rings is 1. The summed E-state index contributed by atoms with van der Waals surface area (Å²) in [7, 11) is 0. The fourth-order valence-corrected chi connectivity index (χ4v) is 1.75. The van der Waals surface area contributed by atoms with Crippen LogP contribution in [0.25, 0.3) is 0 Å². The summed E-state index contributed by atoms with van der Waals surface area (Å²) in [5, 5.41) is 5.26. The number of amides is 2. The van der Waals surface area contributed by atoms with Gasteiger partial charge in [-0.05, 0) is 59.3 Å². The van der Waals surface area contributed by atoms with Gasteiger partial charge in [0.15, 0.2) is 5.78 Å². The van der Waals surface area contributed by atoms with Gasteiger partial charge >= 0.3 is 6.03 Å². The van der Waals surface area contributed by atoms with E-state index in [1.165, 1.54) is 6.92 Å². The van der Waals surface area contributed by atoms with Gasteiger partial charge in [0.25, 0.3) is 0 Å². The number of nitrogens with one attached hydrogen (secondary N) is 2. The first-order valence-corrected chi connectivity index (χ1v) is 6.64. The van der Waals surface area contributed by atoms with Crippen LogP contribution in [0.4, 0.5) is 16.3 Å². The summed E-state index contributed by atoms with van der Waals surface area (Å²) in [6.45, 7) is 1.49. The fraction of sp³-hybridized carbons (Fsp3) is 0.0714. The third kappa shape index (κ3) is 3.89. The molecule has 0 atom stereocenters. The Hall–Kier alpha value is -2.21. The molecule has 102 valence electrons. The summed E-state index contributed by atoms with van der Waals surface area (Å²) in [6, 6.07) is 9.74. The molecule has 0 fully saturated rings. The Morgan fingerprint density at radius 2 is 1.75 bits per heavy atom. The molecule has 0 aliphatic heterocycles. The van der Waals surface area contributed by atoms with Crippen LogP contribution in [-0.2, 0) is 0 Å². The van der Waals surface area contributed by atoms with Crippen LogP contribution in [0.1, 0.15) is 17.3 Å². The Morgan fingerprint density at radius 3 is 2.30 bits per heavy atom. The fourth-order valence-electron chi connectivity index (χ4n) is 1.52. The Balaban J connectivity index is 1.97. The van der Waals surface area contributed by atoms with E-state index in [0.29, 0.717) is 17.1 Å². The van der Waals surface area contributed by atoms with Gasteiger partial charge in [-0.2, -0.15) is 0 Å². The average molecular weight is 334 g/mol. The number of benzene rings is 1. The van der Waals surface area contributed by atoms with Crippen molar-refractivity contribution in [2.24, 2.45) is 0 Å². The number of nitrogens with zero attached hydrogens (tertiary/aromatic N) is 1. The van der Waals surface area contributed by atoms with E-state index in [2.05, 4.69) is 31.5 Å². The zero-order valence-electron chi connectivity index (χ0n) is 10.7. The van der Waals surface area contributed by atoms with Gasteiger partial charge in [-0.1, -0.05) is 0 Å². The van der Waals surface area contributed by atoms with Gasteiger partial charge in [0, 0.05) is 21.9 Å². The molecule has 1 heterocycles. The van der Waals surface area contributed by atoms with Crippen LogP contribution in [0, 0.1) is 0 Å². The van der Waals surface area contributed by atoms with E-state index in [-0.39, 0.29) is 5.78 Å². The summed E-state index contributed by atoms with van der Waals surface area (Å²) in [6.07, 6.45) is 1.59. The molecule has 0 bridgehead atoms. The highest BCUT2D eigenvalue weighted by Crippen LogP contribution is 2.12. The van der Waals surface area contributed by atoms with E-state index < -0.39 is 6.03 Å². The van der Waals surface area contributed by atoms with Crippen LogP contribution in [0.3, 0.4) is 0 Å². The number of halogens is 1. The van der Waals surface area contributed by atoms with Crippen molar-refractivity contribution in [2.45, 2.75) is 6.92 Å². The van der Waals surface area contributed by atoms with Crippen LogP contribution >= 0.6 is 15.9 Å². The number of rotatable bonds is 3. The molecule has 0 saturated heterocycles. The Morgan fingerprint density at radius 1 is 1.05 bits per heavy atom. The molecule has 0 saturated carbocycles. The largest absolute Gasteiger partial charge is 0.324 e. The summed E-state index contributed by atoms with van der Waals surface area (Å²) in [5.41, 5.74) is 1.20. The summed E-state index contributed by atoms with van der Waals surface area (Å²) in [5.74, 6) is 0.436. The van der Waals surface area contributed by atoms with Crippen molar-refractivity contribution < 1.29 is 9.59 Å². The average Bonchev–Trinajstić information content (AvgIpc) is 2.42. The molecule has 1 aromatic carbocycles. The van der Waals surface area contributed by atoms with Gasteiger partial charge in [-0.25, -0.2) is 9.78 Å². The van der Waals surface area contributed by atoms with Crippen LogP contribution in [0.15, 0.2) is 47.1 Å². The first-order chi connectivity index (χ1) is 9.54. The number of hydrogen-bond acceptors (Lipinski definition) is 3. The first kappa shape index (κ1) is 14.2. The standard InChI is InChI=1S/C14H12BrN3O2/c1-9(19)10-2-5-12(6-3-10)17-14(20)18-13-7-4-11(15)8-16-13/h2-8H,1H3,(H2,16,17,18,20). The Bertz CT molecular complexity index is 624. The lowest BCUT2D eigenvalue weighted by Gasteiger charge is -2.07. The van der Waals surface area contributed by atoms with Crippen molar-refractivity contribution in [2.75, 3.05) is 10.6 Å². The second-order valence-electron chi connectivity index (χ2n) is 4.07. The SMILES string of the molecule is CC(=O)c1ccc(NC(=O)Nc2ccc(Br)cn2)cc1. The van der Waals surface area contributed by atoms with Gasteiger partial charge < -0.3 is 5.32 Å². The molecule has 2 aromatic rings. The molecule has 0 spiro atoms. The highest BCUT2D eigenvalue weighted by molar-refractivity contribution is 9.10. The van der Waals surface area contributed by atoms with Crippen LogP contribution in [0.5, 0.6) is 0 Å². The zero-order chi connectivity index (χ0) is 14.5. The van der Waals surface area contributed by atoms with Crippen molar-refractivity contribution in [1.82, 2.24) is 4.98 Å². The van der Waals surface area contributed by atoms with Crippen LogP contribution < -0.4 is 10.6 Å². The minimum Gasteiger partial charge on any atom is -0.308 e. The first-order valence-electron chi connectivity index (χ1n) is 5.85. The monoisotopic (exact) mass is 333 g/mol. The molecule has 2 N–H and O–H groups in total. The lowest BCUT2D eigenvalue weighted by molar-refractivity contribution is 0.101. The number of aromatic nitrogens is 1. The molecular weight excluding hydrogens is 322 g/mol. The number of carbonyl (C=O) groups is 2. The predicted octanol–water partition coefficient (Wildman–Crippen LogP) is 3.69. The van der Waals surface area contributed by atoms with E-state index in [9.17, 15) is 9.59 Å². The normalized spacial score (nSPS) is 9.90. The van der Waals surface area contributed by atoms with E-state index >= 15 is 0 Å². The van der Waals surface area contributed by atoms with Crippen molar-refractivity contribution in [1.29, 1.82) is 0 Å². The number of anilines is 2. The molecule has 0 aliphatic rings. The lowest BCUT2D eigenvalue weighted by Crippen LogP contribution is -2.20. The predicted molar refractivity (Wildman–Crippen MR) is 81.0 cm³/mol. The van der Waals surface area contributed by atoms with E-state index in [1.54, 1.807) is 42.6 Å². The van der Waals surface area contributed by atoms with E-state index in [4.69, 9.17) is 0 Å². The number of Topliss-reactive ketones (excluding diaryl/α,β-unsaturated/α-hetero) is 1. The van der Waals surface area contributed by atoms with Gasteiger partial charge in [0.2, 0.25) is 0 Å².